The second kappa shape index (κ2) is 6.33. The van der Waals surface area contributed by atoms with E-state index >= 15 is 0 Å². The monoisotopic (exact) mass is 333 g/mol. The van der Waals surface area contributed by atoms with Gasteiger partial charge in [-0.2, -0.15) is 0 Å². The summed E-state index contributed by atoms with van der Waals surface area (Å²) >= 11 is 0. The van der Waals surface area contributed by atoms with E-state index in [0.717, 1.165) is 24.8 Å². The normalized spacial score (nSPS) is 21.8. The SMILES string of the molecule is Cc1cccc2c1N(C(=O)c1ccccc1)C1(CCCCC1)CC2C. The van der Waals surface area contributed by atoms with Gasteiger partial charge in [-0.25, -0.2) is 0 Å². The van der Waals surface area contributed by atoms with Crippen LogP contribution in [-0.2, 0) is 0 Å². The predicted molar refractivity (Wildman–Crippen MR) is 103 cm³/mol. The summed E-state index contributed by atoms with van der Waals surface area (Å²) in [6.45, 7) is 4.48. The fourth-order valence-electron chi connectivity index (χ4n) is 5.06. The summed E-state index contributed by atoms with van der Waals surface area (Å²) in [4.78, 5) is 15.8. The molecule has 1 unspecified atom stereocenters. The molecule has 0 bridgehead atoms. The average Bonchev–Trinajstić information content (AvgIpc) is 2.64. The molecule has 1 spiro atoms. The minimum absolute atomic E-state index is 0.0102. The van der Waals surface area contributed by atoms with Gasteiger partial charge in [-0.15, -0.1) is 0 Å². The molecular weight excluding hydrogens is 306 g/mol. The van der Waals surface area contributed by atoms with E-state index in [2.05, 4.69) is 36.9 Å². The van der Waals surface area contributed by atoms with Crippen molar-refractivity contribution in [2.24, 2.45) is 0 Å². The van der Waals surface area contributed by atoms with Crippen LogP contribution in [0, 0.1) is 6.92 Å². The summed E-state index contributed by atoms with van der Waals surface area (Å²) in [5, 5.41) is 0. The molecule has 0 aromatic heterocycles. The van der Waals surface area contributed by atoms with Crippen molar-refractivity contribution in [1.82, 2.24) is 0 Å². The lowest BCUT2D eigenvalue weighted by Gasteiger charge is -2.52. The molecular formula is C23H27NO. The van der Waals surface area contributed by atoms with E-state index in [4.69, 9.17) is 0 Å². The number of para-hydroxylation sites is 1. The van der Waals surface area contributed by atoms with Gasteiger partial charge < -0.3 is 4.90 Å². The Balaban J connectivity index is 1.89. The maximum Gasteiger partial charge on any atom is 0.258 e. The Kier molecular flexibility index (Phi) is 4.15. The second-order valence-electron chi connectivity index (χ2n) is 7.91. The van der Waals surface area contributed by atoms with Crippen molar-refractivity contribution < 1.29 is 4.79 Å². The molecule has 1 amide bonds. The first-order valence-corrected chi connectivity index (χ1v) is 9.61. The Morgan fingerprint density at radius 3 is 2.44 bits per heavy atom. The van der Waals surface area contributed by atoms with Crippen LogP contribution in [0.3, 0.4) is 0 Å². The zero-order valence-corrected chi connectivity index (χ0v) is 15.3. The number of benzene rings is 2. The molecule has 2 heteroatoms. The molecule has 1 saturated carbocycles. The van der Waals surface area contributed by atoms with Gasteiger partial charge in [0.25, 0.3) is 5.91 Å². The zero-order chi connectivity index (χ0) is 17.4. The van der Waals surface area contributed by atoms with E-state index in [9.17, 15) is 4.79 Å². The van der Waals surface area contributed by atoms with Crippen LogP contribution in [0.1, 0.15) is 72.9 Å². The highest BCUT2D eigenvalue weighted by atomic mass is 16.2. The first-order chi connectivity index (χ1) is 12.1. The third kappa shape index (κ3) is 2.68. The molecule has 0 N–H and O–H groups in total. The van der Waals surface area contributed by atoms with Crippen molar-refractivity contribution in [3.63, 3.8) is 0 Å². The van der Waals surface area contributed by atoms with Crippen LogP contribution in [0.2, 0.25) is 0 Å². The molecule has 2 nitrogen and oxygen atoms in total. The number of rotatable bonds is 1. The highest BCUT2D eigenvalue weighted by molar-refractivity contribution is 6.08. The van der Waals surface area contributed by atoms with Crippen LogP contribution >= 0.6 is 0 Å². The number of carbonyl (C=O) groups is 1. The Hall–Kier alpha value is -2.09. The molecule has 1 aliphatic carbocycles. The van der Waals surface area contributed by atoms with Crippen LogP contribution in [0.4, 0.5) is 5.69 Å². The van der Waals surface area contributed by atoms with E-state index in [1.165, 1.54) is 36.1 Å². The van der Waals surface area contributed by atoms with Crippen molar-refractivity contribution in [2.45, 2.75) is 63.8 Å². The van der Waals surface area contributed by atoms with Crippen molar-refractivity contribution in [2.75, 3.05) is 4.90 Å². The third-order valence-corrected chi connectivity index (χ3v) is 6.19. The molecule has 1 aliphatic heterocycles. The topological polar surface area (TPSA) is 20.3 Å². The molecule has 25 heavy (non-hydrogen) atoms. The molecule has 1 atom stereocenters. The molecule has 1 heterocycles. The smallest absolute Gasteiger partial charge is 0.258 e. The number of hydrogen-bond donors (Lipinski definition) is 0. The van der Waals surface area contributed by atoms with Crippen molar-refractivity contribution in [1.29, 1.82) is 0 Å². The van der Waals surface area contributed by atoms with Gasteiger partial charge in [0.05, 0.1) is 5.69 Å². The predicted octanol–water partition coefficient (Wildman–Crippen LogP) is 5.85. The number of nitrogens with zero attached hydrogens (tertiary/aromatic N) is 1. The lowest BCUT2D eigenvalue weighted by Crippen LogP contribution is -2.56. The number of hydrogen-bond acceptors (Lipinski definition) is 1. The molecule has 130 valence electrons. The van der Waals surface area contributed by atoms with Crippen molar-refractivity contribution >= 4 is 11.6 Å². The number of aryl methyl sites for hydroxylation is 1. The lowest BCUT2D eigenvalue weighted by atomic mass is 9.69. The third-order valence-electron chi connectivity index (χ3n) is 6.19. The van der Waals surface area contributed by atoms with E-state index in [-0.39, 0.29) is 11.4 Å². The molecule has 2 aromatic rings. The molecule has 0 radical (unpaired) electrons. The van der Waals surface area contributed by atoms with E-state index in [1.54, 1.807) is 0 Å². The highest BCUT2D eigenvalue weighted by Gasteiger charge is 2.47. The maximum atomic E-state index is 13.6. The van der Waals surface area contributed by atoms with Crippen LogP contribution in [0.5, 0.6) is 0 Å². The van der Waals surface area contributed by atoms with Gasteiger partial charge in [-0.05, 0) is 55.4 Å². The van der Waals surface area contributed by atoms with Gasteiger partial charge in [0.2, 0.25) is 0 Å². The maximum absolute atomic E-state index is 13.6. The van der Waals surface area contributed by atoms with Crippen molar-refractivity contribution in [3.8, 4) is 0 Å². The second-order valence-corrected chi connectivity index (χ2v) is 7.91. The molecule has 1 fully saturated rings. The molecule has 2 aromatic carbocycles. The summed E-state index contributed by atoms with van der Waals surface area (Å²) in [7, 11) is 0. The van der Waals surface area contributed by atoms with Crippen LogP contribution < -0.4 is 4.90 Å². The summed E-state index contributed by atoms with van der Waals surface area (Å²) in [6, 6.07) is 16.3. The largest absolute Gasteiger partial charge is 0.302 e. The summed E-state index contributed by atoms with van der Waals surface area (Å²) in [5.41, 5.74) is 4.52. The van der Waals surface area contributed by atoms with Gasteiger partial charge in [0.1, 0.15) is 0 Å². The molecule has 4 rings (SSSR count). The Bertz CT molecular complexity index is 774. The average molecular weight is 333 g/mol. The Morgan fingerprint density at radius 1 is 1.00 bits per heavy atom. The number of carbonyl (C=O) groups excluding carboxylic acids is 1. The van der Waals surface area contributed by atoms with Gasteiger partial charge in [-0.1, -0.05) is 62.6 Å². The van der Waals surface area contributed by atoms with Gasteiger partial charge in [-0.3, -0.25) is 4.79 Å². The van der Waals surface area contributed by atoms with Crippen LogP contribution in [0.25, 0.3) is 0 Å². The van der Waals surface area contributed by atoms with Gasteiger partial charge in [0.15, 0.2) is 0 Å². The van der Waals surface area contributed by atoms with Gasteiger partial charge >= 0.3 is 0 Å². The number of amides is 1. The molecule has 2 aliphatic rings. The van der Waals surface area contributed by atoms with E-state index in [0.29, 0.717) is 5.92 Å². The lowest BCUT2D eigenvalue weighted by molar-refractivity contribution is 0.0919. The summed E-state index contributed by atoms with van der Waals surface area (Å²) < 4.78 is 0. The van der Waals surface area contributed by atoms with Gasteiger partial charge in [0, 0.05) is 11.1 Å². The fraction of sp³-hybridized carbons (Fsp3) is 0.435. The summed E-state index contributed by atoms with van der Waals surface area (Å²) in [5.74, 6) is 0.678. The minimum Gasteiger partial charge on any atom is -0.302 e. The zero-order valence-electron chi connectivity index (χ0n) is 15.3. The van der Waals surface area contributed by atoms with E-state index < -0.39 is 0 Å². The van der Waals surface area contributed by atoms with Crippen LogP contribution in [0.15, 0.2) is 48.5 Å². The first kappa shape index (κ1) is 16.4. The van der Waals surface area contributed by atoms with Crippen LogP contribution in [-0.4, -0.2) is 11.4 Å². The standard InChI is InChI=1S/C23H27NO/c1-17-10-9-13-20-18(2)16-23(14-7-4-8-15-23)24(21(17)20)22(25)19-11-5-3-6-12-19/h3,5-6,9-13,18H,4,7-8,14-16H2,1-2H3. The summed E-state index contributed by atoms with van der Waals surface area (Å²) in [6.07, 6.45) is 7.10. The Labute approximate surface area is 150 Å². The number of anilines is 1. The van der Waals surface area contributed by atoms with Crippen molar-refractivity contribution in [3.05, 3.63) is 65.2 Å². The minimum atomic E-state index is -0.0102. The Morgan fingerprint density at radius 2 is 1.72 bits per heavy atom. The highest BCUT2D eigenvalue weighted by Crippen LogP contribution is 2.51. The van der Waals surface area contributed by atoms with E-state index in [1.807, 2.05) is 30.3 Å². The first-order valence-electron chi connectivity index (χ1n) is 9.61. The quantitative estimate of drug-likeness (QED) is 0.641. The fourth-order valence-corrected chi connectivity index (χ4v) is 5.06. The molecule has 0 saturated heterocycles. The number of fused-ring (bicyclic) bond motifs is 1.